The van der Waals surface area contributed by atoms with Gasteiger partial charge in [-0.3, -0.25) is 0 Å². The number of hydrogen-bond acceptors (Lipinski definition) is 3. The lowest BCUT2D eigenvalue weighted by atomic mass is 9.87. The predicted molar refractivity (Wildman–Crippen MR) is 64.0 cm³/mol. The zero-order valence-corrected chi connectivity index (χ0v) is 11.1. The van der Waals surface area contributed by atoms with E-state index in [1.165, 1.54) is 0 Å². The summed E-state index contributed by atoms with van der Waals surface area (Å²) in [6.45, 7) is 2.03. The maximum Gasteiger partial charge on any atom is 0.248 e. The molecular weight excluding hydrogens is 262 g/mol. The van der Waals surface area contributed by atoms with Crippen LogP contribution in [0.3, 0.4) is 0 Å². The van der Waals surface area contributed by atoms with Crippen LogP contribution in [0.2, 0.25) is 0 Å². The first-order chi connectivity index (χ1) is 8.52. The van der Waals surface area contributed by atoms with E-state index >= 15 is 0 Å². The highest BCUT2D eigenvalue weighted by Crippen LogP contribution is 2.40. The fraction of sp³-hybridized carbons (Fsp3) is 0.833. The van der Waals surface area contributed by atoms with Gasteiger partial charge in [-0.2, -0.15) is 4.98 Å². The second-order valence-corrected chi connectivity index (χ2v) is 5.40. The fourth-order valence-electron chi connectivity index (χ4n) is 2.21. The average Bonchev–Trinajstić information content (AvgIpc) is 2.79. The zero-order valence-electron chi connectivity index (χ0n) is 10.3. The molecule has 0 aromatic carbocycles. The van der Waals surface area contributed by atoms with E-state index < -0.39 is 5.92 Å². The van der Waals surface area contributed by atoms with Crippen molar-refractivity contribution >= 4 is 11.6 Å². The highest BCUT2D eigenvalue weighted by molar-refractivity contribution is 6.20. The van der Waals surface area contributed by atoms with Crippen molar-refractivity contribution in [3.05, 3.63) is 11.7 Å². The van der Waals surface area contributed by atoms with E-state index in [1.54, 1.807) is 0 Å². The summed E-state index contributed by atoms with van der Waals surface area (Å²) in [5.41, 5.74) is 0. The Labute approximate surface area is 110 Å². The van der Waals surface area contributed by atoms with Gasteiger partial charge in [-0.25, -0.2) is 8.78 Å². The number of alkyl halides is 3. The van der Waals surface area contributed by atoms with Gasteiger partial charge in [0.15, 0.2) is 5.82 Å². The predicted octanol–water partition coefficient (Wildman–Crippen LogP) is 4.44. The van der Waals surface area contributed by atoms with E-state index in [1.807, 2.05) is 6.92 Å². The van der Waals surface area contributed by atoms with Gasteiger partial charge >= 0.3 is 0 Å². The smallest absolute Gasteiger partial charge is 0.248 e. The summed E-state index contributed by atoms with van der Waals surface area (Å²) >= 11 is 6.10. The SMILES string of the molecule is CCCC(Cl)c1noc(C2CCC(F)(F)CC2)n1. The van der Waals surface area contributed by atoms with Crippen molar-refractivity contribution in [1.82, 2.24) is 10.1 Å². The third-order valence-electron chi connectivity index (χ3n) is 3.35. The largest absolute Gasteiger partial charge is 0.339 e. The van der Waals surface area contributed by atoms with E-state index in [4.69, 9.17) is 16.1 Å². The van der Waals surface area contributed by atoms with Crippen LogP contribution in [0, 0.1) is 0 Å². The molecule has 6 heteroatoms. The summed E-state index contributed by atoms with van der Waals surface area (Å²) in [6.07, 6.45) is 2.31. The number of aromatic nitrogens is 2. The minimum absolute atomic E-state index is 0.0450. The Morgan fingerprint density at radius 1 is 1.44 bits per heavy atom. The second kappa shape index (κ2) is 5.51. The lowest BCUT2D eigenvalue weighted by molar-refractivity contribution is -0.0402. The van der Waals surface area contributed by atoms with Gasteiger partial charge in [0, 0.05) is 18.8 Å². The average molecular weight is 279 g/mol. The van der Waals surface area contributed by atoms with Crippen LogP contribution in [-0.2, 0) is 0 Å². The number of halogens is 3. The maximum atomic E-state index is 13.0. The molecule has 1 heterocycles. The second-order valence-electron chi connectivity index (χ2n) is 4.88. The van der Waals surface area contributed by atoms with Gasteiger partial charge in [0.05, 0.1) is 5.38 Å². The molecular formula is C12H17ClF2N2O. The number of rotatable bonds is 4. The van der Waals surface area contributed by atoms with Crippen LogP contribution in [0.5, 0.6) is 0 Å². The highest BCUT2D eigenvalue weighted by atomic mass is 35.5. The molecule has 0 N–H and O–H groups in total. The Morgan fingerprint density at radius 2 is 2.11 bits per heavy atom. The third-order valence-corrected chi connectivity index (χ3v) is 3.76. The van der Waals surface area contributed by atoms with Gasteiger partial charge in [0.2, 0.25) is 11.8 Å². The standard InChI is InChI=1S/C12H17ClF2N2O/c1-2-3-9(13)10-16-11(18-17-10)8-4-6-12(14,15)7-5-8/h8-9H,2-7H2,1H3. The Bertz CT molecular complexity index is 387. The van der Waals surface area contributed by atoms with Crippen LogP contribution in [0.15, 0.2) is 4.52 Å². The van der Waals surface area contributed by atoms with Crippen molar-refractivity contribution in [2.24, 2.45) is 0 Å². The molecule has 1 aromatic heterocycles. The number of hydrogen-bond donors (Lipinski definition) is 0. The molecule has 0 aliphatic heterocycles. The van der Waals surface area contributed by atoms with E-state index in [0.717, 1.165) is 12.8 Å². The van der Waals surface area contributed by atoms with Crippen LogP contribution in [0.4, 0.5) is 8.78 Å². The molecule has 0 spiro atoms. The van der Waals surface area contributed by atoms with Crippen molar-refractivity contribution in [1.29, 1.82) is 0 Å². The molecule has 0 bridgehead atoms. The summed E-state index contributed by atoms with van der Waals surface area (Å²) in [5, 5.41) is 3.59. The van der Waals surface area contributed by atoms with Crippen molar-refractivity contribution in [2.75, 3.05) is 0 Å². The molecule has 1 aromatic rings. The van der Waals surface area contributed by atoms with Gasteiger partial charge in [-0.1, -0.05) is 18.5 Å². The number of nitrogens with zero attached hydrogens (tertiary/aromatic N) is 2. The molecule has 0 saturated heterocycles. The Balaban J connectivity index is 1.98. The maximum absolute atomic E-state index is 13.0. The lowest BCUT2D eigenvalue weighted by Crippen LogP contribution is -2.23. The molecule has 1 saturated carbocycles. The van der Waals surface area contributed by atoms with E-state index in [-0.39, 0.29) is 24.1 Å². The van der Waals surface area contributed by atoms with E-state index in [0.29, 0.717) is 24.6 Å². The van der Waals surface area contributed by atoms with Crippen LogP contribution in [-0.4, -0.2) is 16.1 Å². The molecule has 1 atom stereocenters. The molecule has 0 radical (unpaired) electrons. The molecule has 1 fully saturated rings. The van der Waals surface area contributed by atoms with Crippen LogP contribution in [0.25, 0.3) is 0 Å². The molecule has 1 unspecified atom stereocenters. The minimum atomic E-state index is -2.53. The normalized spacial score (nSPS) is 22.0. The Morgan fingerprint density at radius 3 is 2.72 bits per heavy atom. The van der Waals surface area contributed by atoms with Gasteiger partial charge < -0.3 is 4.52 Å². The summed E-state index contributed by atoms with van der Waals surface area (Å²) < 4.78 is 31.2. The van der Waals surface area contributed by atoms with Crippen molar-refractivity contribution < 1.29 is 13.3 Å². The lowest BCUT2D eigenvalue weighted by Gasteiger charge is -2.25. The van der Waals surface area contributed by atoms with Crippen LogP contribution < -0.4 is 0 Å². The van der Waals surface area contributed by atoms with E-state index in [9.17, 15) is 8.78 Å². The fourth-order valence-corrected chi connectivity index (χ4v) is 2.52. The first-order valence-corrected chi connectivity index (χ1v) is 6.81. The van der Waals surface area contributed by atoms with Crippen molar-refractivity contribution in [3.63, 3.8) is 0 Å². The molecule has 2 rings (SSSR count). The van der Waals surface area contributed by atoms with Gasteiger partial charge in [-0.05, 0) is 19.3 Å². The van der Waals surface area contributed by atoms with Crippen LogP contribution in [0.1, 0.15) is 68.5 Å². The molecule has 18 heavy (non-hydrogen) atoms. The zero-order chi connectivity index (χ0) is 13.2. The first-order valence-electron chi connectivity index (χ1n) is 6.37. The highest BCUT2D eigenvalue weighted by Gasteiger charge is 2.37. The molecule has 0 amide bonds. The third kappa shape index (κ3) is 3.19. The monoisotopic (exact) mass is 278 g/mol. The Kier molecular flexibility index (Phi) is 4.20. The van der Waals surface area contributed by atoms with Crippen LogP contribution >= 0.6 is 11.6 Å². The van der Waals surface area contributed by atoms with Crippen molar-refractivity contribution in [3.8, 4) is 0 Å². The molecule has 102 valence electrons. The summed E-state index contributed by atoms with van der Waals surface area (Å²) in [6, 6.07) is 0. The minimum Gasteiger partial charge on any atom is -0.339 e. The molecule has 3 nitrogen and oxygen atoms in total. The van der Waals surface area contributed by atoms with Gasteiger partial charge in [0.25, 0.3) is 0 Å². The molecule has 1 aliphatic carbocycles. The Hall–Kier alpha value is -0.710. The van der Waals surface area contributed by atoms with Crippen molar-refractivity contribution in [2.45, 2.75) is 62.7 Å². The summed E-state index contributed by atoms with van der Waals surface area (Å²) in [7, 11) is 0. The molecule has 1 aliphatic rings. The first kappa shape index (κ1) is 13.7. The summed E-state index contributed by atoms with van der Waals surface area (Å²) in [5.74, 6) is -1.64. The van der Waals surface area contributed by atoms with Gasteiger partial charge in [-0.15, -0.1) is 11.6 Å². The quantitative estimate of drug-likeness (QED) is 0.764. The van der Waals surface area contributed by atoms with Gasteiger partial charge in [0.1, 0.15) is 0 Å². The topological polar surface area (TPSA) is 38.9 Å². The van der Waals surface area contributed by atoms with E-state index in [2.05, 4.69) is 10.1 Å². The summed E-state index contributed by atoms with van der Waals surface area (Å²) in [4.78, 5) is 4.25.